The van der Waals surface area contributed by atoms with Gasteiger partial charge in [-0.3, -0.25) is 0 Å². The minimum absolute atomic E-state index is 0.164. The summed E-state index contributed by atoms with van der Waals surface area (Å²) in [5.41, 5.74) is 4.52. The lowest BCUT2D eigenvalue weighted by Gasteiger charge is -2.19. The molecule has 0 aliphatic rings. The summed E-state index contributed by atoms with van der Waals surface area (Å²) in [6.07, 6.45) is 0. The molecule has 0 N–H and O–H groups in total. The molecular weight excluding hydrogens is 520 g/mol. The monoisotopic (exact) mass is 554 g/mol. The molecule has 0 aliphatic carbocycles. The number of hydrogen-bond acceptors (Lipinski definition) is 1. The summed E-state index contributed by atoms with van der Waals surface area (Å²) in [5.74, 6) is 0. The Bertz CT molecular complexity index is 2870. The van der Waals surface area contributed by atoms with Gasteiger partial charge in [0.1, 0.15) is 11.2 Å². The van der Waals surface area contributed by atoms with Crippen molar-refractivity contribution >= 4 is 54.3 Å². The fourth-order valence-corrected chi connectivity index (χ4v) is 6.46. The first-order valence-corrected chi connectivity index (χ1v) is 14.1. The Morgan fingerprint density at radius 2 is 1.05 bits per heavy atom. The number of rotatable bonds is 3. The van der Waals surface area contributed by atoms with Gasteiger partial charge in [-0.2, -0.15) is 0 Å². The molecule has 1 nitrogen and oxygen atoms in total. The van der Waals surface area contributed by atoms with Gasteiger partial charge in [0.25, 0.3) is 0 Å². The van der Waals surface area contributed by atoms with Gasteiger partial charge in [0.05, 0.1) is 11.0 Å². The van der Waals surface area contributed by atoms with Crippen LogP contribution in [0.3, 0.4) is 0 Å². The minimum Gasteiger partial charge on any atom is -0.456 e. The van der Waals surface area contributed by atoms with E-state index in [-0.39, 0.29) is 51.3 Å². The van der Waals surface area contributed by atoms with Crippen molar-refractivity contribution in [1.29, 1.82) is 0 Å². The maximum atomic E-state index is 9.33. The van der Waals surface area contributed by atoms with Crippen LogP contribution in [0.15, 0.2) is 162 Å². The quantitative estimate of drug-likeness (QED) is 0.198. The Balaban J connectivity index is 1.51. The molecule has 1 heterocycles. The largest absolute Gasteiger partial charge is 0.456 e. The van der Waals surface area contributed by atoms with Gasteiger partial charge in [-0.1, -0.05) is 139 Å². The van der Waals surface area contributed by atoms with E-state index in [0.29, 0.717) is 27.9 Å². The molecule has 200 valence electrons. The summed E-state index contributed by atoms with van der Waals surface area (Å²) in [6, 6.07) is 31.6. The van der Waals surface area contributed by atoms with E-state index in [0.717, 1.165) is 32.7 Å². The Kier molecular flexibility index (Phi) is 3.80. The highest BCUT2D eigenvalue weighted by atomic mass is 16.3. The van der Waals surface area contributed by atoms with Crippen LogP contribution >= 0.6 is 0 Å². The predicted octanol–water partition coefficient (Wildman–Crippen LogP) is 12.0. The summed E-state index contributed by atoms with van der Waals surface area (Å²) in [4.78, 5) is 0. The second kappa shape index (κ2) is 9.44. The zero-order valence-corrected chi connectivity index (χ0v) is 22.8. The van der Waals surface area contributed by atoms with Gasteiger partial charge in [-0.05, 0) is 83.9 Å². The Labute approximate surface area is 260 Å². The number of furan rings is 1. The standard InChI is InChI=1S/C42H26O/c1-2-12-27(13-3-1)30-15-6-7-17-32(30)41-35-20-10-8-18-33(35)40(34-19-9-11-21-36(34)41)29-22-24-37-39(26-29)43-38-25-23-28-14-4-5-16-31(28)42(37)38/h1-26H/i8D,9D,10D,11D,18D,19D,20D,21D. The molecule has 9 aromatic rings. The van der Waals surface area contributed by atoms with Gasteiger partial charge < -0.3 is 4.42 Å². The summed E-state index contributed by atoms with van der Waals surface area (Å²) in [6.45, 7) is 0. The molecule has 0 bridgehead atoms. The summed E-state index contributed by atoms with van der Waals surface area (Å²) in [7, 11) is 0. The Morgan fingerprint density at radius 1 is 0.419 bits per heavy atom. The van der Waals surface area contributed by atoms with Gasteiger partial charge in [0.2, 0.25) is 0 Å². The first-order chi connectivity index (χ1) is 24.7. The molecule has 0 radical (unpaired) electrons. The topological polar surface area (TPSA) is 13.1 Å². The van der Waals surface area contributed by atoms with Crippen LogP contribution in [0.4, 0.5) is 0 Å². The average molecular weight is 555 g/mol. The zero-order chi connectivity index (χ0) is 35.3. The molecule has 0 saturated heterocycles. The third-order valence-corrected chi connectivity index (χ3v) is 8.31. The van der Waals surface area contributed by atoms with E-state index >= 15 is 0 Å². The Morgan fingerprint density at radius 3 is 1.79 bits per heavy atom. The lowest BCUT2D eigenvalue weighted by Crippen LogP contribution is -1.92. The van der Waals surface area contributed by atoms with Crippen molar-refractivity contribution in [3.63, 3.8) is 0 Å². The SMILES string of the molecule is [2H]c1c([2H])c([2H])c2c(-c3ccccc3-c3ccccc3)c3c([2H])c([2H])c([2H])c([2H])c3c(-c3ccc4c(c3)oc3ccc5ccccc5c34)c2c1[2H]. The van der Waals surface area contributed by atoms with Crippen molar-refractivity contribution in [2.45, 2.75) is 0 Å². The minimum atomic E-state index is -0.437. The number of hydrogen-bond donors (Lipinski definition) is 0. The van der Waals surface area contributed by atoms with E-state index in [4.69, 9.17) is 9.90 Å². The lowest BCUT2D eigenvalue weighted by molar-refractivity contribution is 0.669. The van der Waals surface area contributed by atoms with Crippen LogP contribution in [0.2, 0.25) is 0 Å². The average Bonchev–Trinajstić information content (AvgIpc) is 3.55. The summed E-state index contributed by atoms with van der Waals surface area (Å²) < 4.78 is 78.8. The van der Waals surface area contributed by atoms with Crippen LogP contribution in [-0.4, -0.2) is 0 Å². The van der Waals surface area contributed by atoms with E-state index in [1.807, 2.05) is 103 Å². The van der Waals surface area contributed by atoms with E-state index in [1.165, 1.54) is 0 Å². The highest BCUT2D eigenvalue weighted by Crippen LogP contribution is 2.47. The first-order valence-electron chi connectivity index (χ1n) is 18.1. The fraction of sp³-hybridized carbons (Fsp3) is 0. The molecule has 0 spiro atoms. The zero-order valence-electron chi connectivity index (χ0n) is 30.8. The normalized spacial score (nSPS) is 14.3. The molecule has 43 heavy (non-hydrogen) atoms. The van der Waals surface area contributed by atoms with Gasteiger partial charge in [-0.25, -0.2) is 0 Å². The molecule has 0 aliphatic heterocycles. The van der Waals surface area contributed by atoms with E-state index in [1.54, 1.807) is 6.07 Å². The van der Waals surface area contributed by atoms with Crippen molar-refractivity contribution in [1.82, 2.24) is 0 Å². The molecule has 1 heteroatoms. The molecule has 9 rings (SSSR count). The van der Waals surface area contributed by atoms with Crippen molar-refractivity contribution in [2.24, 2.45) is 0 Å². The molecular formula is C42H26O. The molecule has 0 amide bonds. The summed E-state index contributed by atoms with van der Waals surface area (Å²) in [5, 5.41) is 4.57. The highest BCUT2D eigenvalue weighted by molar-refractivity contribution is 6.24. The van der Waals surface area contributed by atoms with Crippen molar-refractivity contribution < 1.29 is 15.4 Å². The molecule has 1 aromatic heterocycles. The van der Waals surface area contributed by atoms with Gasteiger partial charge in [0.15, 0.2) is 0 Å². The van der Waals surface area contributed by atoms with Gasteiger partial charge >= 0.3 is 0 Å². The lowest BCUT2D eigenvalue weighted by atomic mass is 9.84. The van der Waals surface area contributed by atoms with Gasteiger partial charge in [-0.15, -0.1) is 0 Å². The van der Waals surface area contributed by atoms with E-state index in [9.17, 15) is 5.48 Å². The molecule has 0 atom stereocenters. The number of fused-ring (bicyclic) bond motifs is 7. The third-order valence-electron chi connectivity index (χ3n) is 8.31. The van der Waals surface area contributed by atoms with Crippen LogP contribution in [-0.2, 0) is 0 Å². The van der Waals surface area contributed by atoms with Crippen molar-refractivity contribution in [3.05, 3.63) is 158 Å². The molecule has 0 unspecified atom stereocenters. The maximum Gasteiger partial charge on any atom is 0.136 e. The van der Waals surface area contributed by atoms with E-state index < -0.39 is 24.2 Å². The molecule has 8 aromatic carbocycles. The maximum absolute atomic E-state index is 9.33. The highest BCUT2D eigenvalue weighted by Gasteiger charge is 2.19. The van der Waals surface area contributed by atoms with Crippen LogP contribution in [0.25, 0.3) is 87.6 Å². The third kappa shape index (κ3) is 3.65. The second-order valence-electron chi connectivity index (χ2n) is 10.6. The van der Waals surface area contributed by atoms with Crippen LogP contribution < -0.4 is 0 Å². The molecule has 0 fully saturated rings. The molecule has 0 saturated carbocycles. The summed E-state index contributed by atoms with van der Waals surface area (Å²) >= 11 is 0. The van der Waals surface area contributed by atoms with Crippen LogP contribution in [0.5, 0.6) is 0 Å². The first kappa shape index (κ1) is 17.3. The smallest absolute Gasteiger partial charge is 0.136 e. The Hall–Kier alpha value is -5.66. The van der Waals surface area contributed by atoms with Gasteiger partial charge in [0, 0.05) is 10.8 Å². The second-order valence-corrected chi connectivity index (χ2v) is 10.6. The number of benzene rings is 8. The fourth-order valence-electron chi connectivity index (χ4n) is 6.46. The van der Waals surface area contributed by atoms with Crippen molar-refractivity contribution in [3.8, 4) is 33.4 Å². The predicted molar refractivity (Wildman–Crippen MR) is 183 cm³/mol. The van der Waals surface area contributed by atoms with Crippen molar-refractivity contribution in [2.75, 3.05) is 0 Å². The van der Waals surface area contributed by atoms with Crippen LogP contribution in [0, 0.1) is 0 Å². The van der Waals surface area contributed by atoms with Crippen LogP contribution in [0.1, 0.15) is 11.0 Å². The van der Waals surface area contributed by atoms with E-state index in [2.05, 4.69) is 0 Å².